The lowest BCUT2D eigenvalue weighted by Crippen LogP contribution is -2.48. The summed E-state index contributed by atoms with van der Waals surface area (Å²) in [5.74, 6) is -0.188. The molecule has 1 saturated heterocycles. The summed E-state index contributed by atoms with van der Waals surface area (Å²) in [6.07, 6.45) is 1.74. The summed E-state index contributed by atoms with van der Waals surface area (Å²) in [6.45, 7) is 9.65. The summed E-state index contributed by atoms with van der Waals surface area (Å²) in [5.41, 5.74) is 1.91. The van der Waals surface area contributed by atoms with Gasteiger partial charge in [0.15, 0.2) is 0 Å². The van der Waals surface area contributed by atoms with Crippen LogP contribution in [0.1, 0.15) is 19.4 Å². The number of benzene rings is 1. The maximum absolute atomic E-state index is 13.8. The summed E-state index contributed by atoms with van der Waals surface area (Å²) in [6, 6.07) is 7.64. The van der Waals surface area contributed by atoms with Gasteiger partial charge in [-0.15, -0.1) is 0 Å². The lowest BCUT2D eigenvalue weighted by molar-refractivity contribution is 0.104. The van der Waals surface area contributed by atoms with Crippen LogP contribution in [0.3, 0.4) is 0 Å². The van der Waals surface area contributed by atoms with Crippen LogP contribution in [0.5, 0.6) is 0 Å². The fraction of sp³-hybridized carbons (Fsp3) is 0.471. The van der Waals surface area contributed by atoms with Crippen LogP contribution < -0.4 is 0 Å². The molecule has 1 aliphatic heterocycles. The lowest BCUT2D eigenvalue weighted by atomic mass is 10.1. The van der Waals surface area contributed by atoms with Crippen LogP contribution in [0.2, 0.25) is 0 Å². The molecule has 0 radical (unpaired) electrons. The maximum atomic E-state index is 13.8. The monoisotopic (exact) mass is 287 g/mol. The predicted octanol–water partition coefficient (Wildman–Crippen LogP) is 2.90. The van der Waals surface area contributed by atoms with Crippen molar-refractivity contribution >= 4 is 10.9 Å². The minimum Gasteiger partial charge on any atom is -0.298 e. The van der Waals surface area contributed by atoms with Crippen LogP contribution in [0, 0.1) is 5.82 Å². The quantitative estimate of drug-likeness (QED) is 0.865. The Morgan fingerprint density at radius 2 is 1.90 bits per heavy atom. The van der Waals surface area contributed by atoms with Gasteiger partial charge in [-0.05, 0) is 37.6 Å². The van der Waals surface area contributed by atoms with Crippen LogP contribution in [0.25, 0.3) is 10.9 Å². The molecular formula is C17H22FN3. The third kappa shape index (κ3) is 3.06. The van der Waals surface area contributed by atoms with Gasteiger partial charge in [-0.2, -0.15) is 0 Å². The topological polar surface area (TPSA) is 19.4 Å². The molecule has 2 heterocycles. The molecule has 21 heavy (non-hydrogen) atoms. The first-order valence-corrected chi connectivity index (χ1v) is 7.63. The van der Waals surface area contributed by atoms with Gasteiger partial charge in [-0.1, -0.05) is 6.07 Å². The Labute approximate surface area is 125 Å². The molecule has 0 atom stereocenters. The van der Waals surface area contributed by atoms with Crippen molar-refractivity contribution in [2.24, 2.45) is 0 Å². The Hall–Kier alpha value is -1.52. The molecule has 4 heteroatoms. The molecule has 0 spiro atoms. The summed E-state index contributed by atoms with van der Waals surface area (Å²) < 4.78 is 13.8. The van der Waals surface area contributed by atoms with E-state index in [1.54, 1.807) is 24.4 Å². The van der Waals surface area contributed by atoms with E-state index in [-0.39, 0.29) is 5.82 Å². The molecule has 1 aliphatic rings. The molecule has 2 aromatic rings. The van der Waals surface area contributed by atoms with Crippen molar-refractivity contribution in [2.45, 2.75) is 26.4 Å². The highest BCUT2D eigenvalue weighted by atomic mass is 19.1. The average Bonchev–Trinajstić information content (AvgIpc) is 2.51. The zero-order valence-corrected chi connectivity index (χ0v) is 12.7. The molecule has 0 aliphatic carbocycles. The average molecular weight is 287 g/mol. The molecule has 0 saturated carbocycles. The molecule has 1 fully saturated rings. The van der Waals surface area contributed by atoms with Gasteiger partial charge < -0.3 is 0 Å². The fourth-order valence-electron chi connectivity index (χ4n) is 3.00. The molecule has 112 valence electrons. The van der Waals surface area contributed by atoms with Gasteiger partial charge in [0, 0.05) is 50.3 Å². The summed E-state index contributed by atoms with van der Waals surface area (Å²) >= 11 is 0. The summed E-state index contributed by atoms with van der Waals surface area (Å²) in [4.78, 5) is 9.30. The van der Waals surface area contributed by atoms with Crippen LogP contribution in [0.15, 0.2) is 30.5 Å². The number of hydrogen-bond donors (Lipinski definition) is 0. The summed E-state index contributed by atoms with van der Waals surface area (Å²) in [5, 5.41) is 0.621. The molecule has 0 N–H and O–H groups in total. The van der Waals surface area contributed by atoms with Gasteiger partial charge in [0.05, 0.1) is 5.52 Å². The van der Waals surface area contributed by atoms with E-state index in [1.807, 2.05) is 6.07 Å². The van der Waals surface area contributed by atoms with E-state index in [0.717, 1.165) is 43.8 Å². The Morgan fingerprint density at radius 1 is 1.14 bits per heavy atom. The molecule has 1 aromatic heterocycles. The number of hydrogen-bond acceptors (Lipinski definition) is 3. The van der Waals surface area contributed by atoms with E-state index in [0.29, 0.717) is 11.4 Å². The number of nitrogens with zero attached hydrogens (tertiary/aromatic N) is 3. The number of piperazine rings is 1. The van der Waals surface area contributed by atoms with Crippen molar-refractivity contribution in [1.29, 1.82) is 0 Å². The van der Waals surface area contributed by atoms with E-state index in [1.165, 1.54) is 0 Å². The zero-order valence-electron chi connectivity index (χ0n) is 12.7. The Kier molecular flexibility index (Phi) is 4.17. The first kappa shape index (κ1) is 14.4. The van der Waals surface area contributed by atoms with E-state index < -0.39 is 0 Å². The van der Waals surface area contributed by atoms with Crippen molar-refractivity contribution in [3.63, 3.8) is 0 Å². The van der Waals surface area contributed by atoms with Gasteiger partial charge in [0.25, 0.3) is 0 Å². The third-order valence-corrected chi connectivity index (χ3v) is 4.33. The minimum atomic E-state index is -0.188. The predicted molar refractivity (Wildman–Crippen MR) is 83.7 cm³/mol. The first-order valence-electron chi connectivity index (χ1n) is 7.63. The van der Waals surface area contributed by atoms with Gasteiger partial charge in [0.2, 0.25) is 0 Å². The Balaban J connectivity index is 1.76. The molecule has 0 bridgehead atoms. The van der Waals surface area contributed by atoms with Crippen LogP contribution in [-0.2, 0) is 6.54 Å². The van der Waals surface area contributed by atoms with Crippen molar-refractivity contribution < 1.29 is 4.39 Å². The zero-order chi connectivity index (χ0) is 14.8. The van der Waals surface area contributed by atoms with Crippen LogP contribution in [0.4, 0.5) is 4.39 Å². The molecule has 1 aromatic carbocycles. The number of aromatic nitrogens is 1. The molecule has 3 nitrogen and oxygen atoms in total. The van der Waals surface area contributed by atoms with E-state index in [2.05, 4.69) is 28.6 Å². The van der Waals surface area contributed by atoms with Crippen molar-refractivity contribution in [1.82, 2.24) is 14.8 Å². The smallest absolute Gasteiger partial charge is 0.132 e. The standard InChI is InChI=1S/C17H22FN3/c1-13(2)21-10-8-20(9-11-21)12-14-5-6-16(18)15-4-3-7-19-17(14)15/h3-7,13H,8-12H2,1-2H3. The van der Waals surface area contributed by atoms with Gasteiger partial charge in [-0.3, -0.25) is 14.8 Å². The highest BCUT2D eigenvalue weighted by molar-refractivity contribution is 5.82. The molecule has 0 unspecified atom stereocenters. The van der Waals surface area contributed by atoms with Gasteiger partial charge in [-0.25, -0.2) is 4.39 Å². The van der Waals surface area contributed by atoms with Gasteiger partial charge in [0.1, 0.15) is 5.82 Å². The normalized spacial score (nSPS) is 17.7. The maximum Gasteiger partial charge on any atom is 0.132 e. The SMILES string of the molecule is CC(C)N1CCN(Cc2ccc(F)c3cccnc23)CC1. The number of pyridine rings is 1. The van der Waals surface area contributed by atoms with Crippen molar-refractivity contribution in [3.8, 4) is 0 Å². The highest BCUT2D eigenvalue weighted by Gasteiger charge is 2.19. The Bertz CT molecular complexity index is 618. The number of rotatable bonds is 3. The lowest BCUT2D eigenvalue weighted by Gasteiger charge is -2.37. The number of halogens is 1. The largest absolute Gasteiger partial charge is 0.298 e. The minimum absolute atomic E-state index is 0.188. The highest BCUT2D eigenvalue weighted by Crippen LogP contribution is 2.21. The fourth-order valence-corrected chi connectivity index (χ4v) is 3.00. The summed E-state index contributed by atoms with van der Waals surface area (Å²) in [7, 11) is 0. The van der Waals surface area contributed by atoms with Crippen LogP contribution in [-0.4, -0.2) is 47.0 Å². The second-order valence-corrected chi connectivity index (χ2v) is 6.01. The molecule has 0 amide bonds. The van der Waals surface area contributed by atoms with E-state index >= 15 is 0 Å². The van der Waals surface area contributed by atoms with Crippen molar-refractivity contribution in [2.75, 3.05) is 26.2 Å². The second kappa shape index (κ2) is 6.08. The second-order valence-electron chi connectivity index (χ2n) is 6.01. The van der Waals surface area contributed by atoms with E-state index in [9.17, 15) is 4.39 Å². The Morgan fingerprint density at radius 3 is 2.62 bits per heavy atom. The first-order chi connectivity index (χ1) is 10.1. The van der Waals surface area contributed by atoms with E-state index in [4.69, 9.17) is 0 Å². The molecular weight excluding hydrogens is 265 g/mol. The molecule has 3 rings (SSSR count). The van der Waals surface area contributed by atoms with Crippen LogP contribution >= 0.6 is 0 Å². The number of fused-ring (bicyclic) bond motifs is 1. The van der Waals surface area contributed by atoms with Crippen molar-refractivity contribution in [3.05, 3.63) is 41.8 Å². The van der Waals surface area contributed by atoms with Gasteiger partial charge >= 0.3 is 0 Å². The third-order valence-electron chi connectivity index (χ3n) is 4.33.